The number of aliphatic hydroxyl groups excluding tert-OH is 1. The minimum absolute atomic E-state index is 0.0832. The molecule has 0 amide bonds. The third-order valence-corrected chi connectivity index (χ3v) is 5.88. The number of hydrogen-bond acceptors (Lipinski definition) is 6. The van der Waals surface area contributed by atoms with Gasteiger partial charge in [-0.15, -0.1) is 0 Å². The molecule has 3 aromatic carbocycles. The summed E-state index contributed by atoms with van der Waals surface area (Å²) >= 11 is 0. The van der Waals surface area contributed by atoms with Gasteiger partial charge in [-0.25, -0.2) is 4.98 Å². The molecule has 1 aliphatic heterocycles. The SMILES string of the molecule is COc1ccc([C@@H]2c3ccc4ccccc4c3Oc3ncn(CCO)c(=N)c32)cc1OC. The Hall–Kier alpha value is -3.84. The van der Waals surface area contributed by atoms with Crippen LogP contribution in [0.2, 0.25) is 0 Å². The Morgan fingerprint density at radius 2 is 1.88 bits per heavy atom. The van der Waals surface area contributed by atoms with Gasteiger partial charge >= 0.3 is 0 Å². The quantitative estimate of drug-likeness (QED) is 0.443. The number of aliphatic hydroxyl groups is 1. The minimum Gasteiger partial charge on any atom is -0.493 e. The molecule has 32 heavy (non-hydrogen) atoms. The maximum atomic E-state index is 9.44. The molecular weight excluding hydrogens is 406 g/mol. The van der Waals surface area contributed by atoms with Gasteiger partial charge in [-0.05, 0) is 23.1 Å². The fraction of sp³-hybridized carbons (Fsp3) is 0.200. The van der Waals surface area contributed by atoms with Crippen LogP contribution in [0.5, 0.6) is 23.1 Å². The van der Waals surface area contributed by atoms with Crippen LogP contribution in [-0.4, -0.2) is 35.5 Å². The largest absolute Gasteiger partial charge is 0.493 e. The normalized spacial score (nSPS) is 14.4. The van der Waals surface area contributed by atoms with E-state index in [0.29, 0.717) is 22.9 Å². The Morgan fingerprint density at radius 3 is 2.66 bits per heavy atom. The molecule has 1 aliphatic rings. The van der Waals surface area contributed by atoms with Gasteiger partial charge in [-0.2, -0.15) is 0 Å². The lowest BCUT2D eigenvalue weighted by atomic mass is 9.82. The highest BCUT2D eigenvalue weighted by atomic mass is 16.5. The zero-order valence-corrected chi connectivity index (χ0v) is 17.8. The molecule has 1 atom stereocenters. The molecule has 0 saturated heterocycles. The summed E-state index contributed by atoms with van der Waals surface area (Å²) in [5.74, 6) is 2.08. The van der Waals surface area contributed by atoms with E-state index in [1.54, 1.807) is 25.1 Å². The third kappa shape index (κ3) is 3.09. The molecule has 162 valence electrons. The average Bonchev–Trinajstić information content (AvgIpc) is 2.84. The predicted molar refractivity (Wildman–Crippen MR) is 120 cm³/mol. The lowest BCUT2D eigenvalue weighted by molar-refractivity contribution is 0.271. The van der Waals surface area contributed by atoms with E-state index in [4.69, 9.17) is 19.6 Å². The summed E-state index contributed by atoms with van der Waals surface area (Å²) in [6.45, 7) is 0.197. The van der Waals surface area contributed by atoms with Gasteiger partial charge in [0.1, 0.15) is 17.6 Å². The van der Waals surface area contributed by atoms with Crippen molar-refractivity contribution in [3.63, 3.8) is 0 Å². The number of hydrogen-bond donors (Lipinski definition) is 2. The van der Waals surface area contributed by atoms with E-state index in [1.807, 2.05) is 48.5 Å². The van der Waals surface area contributed by atoms with E-state index in [0.717, 1.165) is 27.6 Å². The lowest BCUT2D eigenvalue weighted by Crippen LogP contribution is -2.30. The smallest absolute Gasteiger partial charge is 0.228 e. The first-order chi connectivity index (χ1) is 15.7. The molecule has 0 spiro atoms. The molecule has 0 bridgehead atoms. The van der Waals surface area contributed by atoms with Crippen LogP contribution in [-0.2, 0) is 6.54 Å². The van der Waals surface area contributed by atoms with Gasteiger partial charge in [0.05, 0.1) is 26.4 Å². The van der Waals surface area contributed by atoms with Gasteiger partial charge in [-0.3, -0.25) is 5.41 Å². The maximum Gasteiger partial charge on any atom is 0.228 e. The Labute approximate surface area is 185 Å². The Balaban J connectivity index is 1.81. The fourth-order valence-electron chi connectivity index (χ4n) is 4.36. The summed E-state index contributed by atoms with van der Waals surface area (Å²) in [6, 6.07) is 17.9. The molecule has 1 aromatic heterocycles. The lowest BCUT2D eigenvalue weighted by Gasteiger charge is -2.29. The molecule has 2 N–H and O–H groups in total. The van der Waals surface area contributed by atoms with Crippen LogP contribution in [0, 0.1) is 5.41 Å². The topological polar surface area (TPSA) is 89.6 Å². The second-order valence-electron chi connectivity index (χ2n) is 7.58. The Morgan fingerprint density at radius 1 is 1.06 bits per heavy atom. The first-order valence-electron chi connectivity index (χ1n) is 10.3. The van der Waals surface area contributed by atoms with Crippen molar-refractivity contribution in [3.8, 4) is 23.1 Å². The molecule has 5 rings (SSSR count). The highest BCUT2D eigenvalue weighted by molar-refractivity contribution is 5.91. The molecule has 2 heterocycles. The molecular formula is C25H23N3O4. The molecule has 4 aromatic rings. The molecule has 0 aliphatic carbocycles. The molecule has 0 saturated carbocycles. The van der Waals surface area contributed by atoms with Crippen LogP contribution in [0.25, 0.3) is 10.8 Å². The predicted octanol–water partition coefficient (Wildman–Crippen LogP) is 3.81. The summed E-state index contributed by atoms with van der Waals surface area (Å²) in [5, 5.41) is 20.4. The zero-order valence-electron chi connectivity index (χ0n) is 17.8. The first kappa shape index (κ1) is 20.1. The van der Waals surface area contributed by atoms with E-state index in [2.05, 4.69) is 11.1 Å². The first-order valence-corrected chi connectivity index (χ1v) is 10.3. The number of fused-ring (bicyclic) bond motifs is 4. The van der Waals surface area contributed by atoms with E-state index >= 15 is 0 Å². The average molecular weight is 429 g/mol. The van der Waals surface area contributed by atoms with Crippen LogP contribution in [0.3, 0.4) is 0 Å². The van der Waals surface area contributed by atoms with Crippen molar-refractivity contribution in [2.24, 2.45) is 0 Å². The summed E-state index contributed by atoms with van der Waals surface area (Å²) in [7, 11) is 3.21. The van der Waals surface area contributed by atoms with Crippen LogP contribution in [0.15, 0.2) is 60.9 Å². The van der Waals surface area contributed by atoms with Crippen molar-refractivity contribution >= 4 is 10.8 Å². The Kier molecular flexibility index (Phi) is 5.03. The number of nitrogens with one attached hydrogen (secondary N) is 1. The second kappa shape index (κ2) is 8.01. The van der Waals surface area contributed by atoms with Crippen LogP contribution in [0.1, 0.15) is 22.6 Å². The van der Waals surface area contributed by atoms with Crippen molar-refractivity contribution < 1.29 is 19.3 Å². The van der Waals surface area contributed by atoms with Gasteiger partial charge in [0.25, 0.3) is 0 Å². The number of aromatic nitrogens is 2. The van der Waals surface area contributed by atoms with Crippen molar-refractivity contribution in [2.45, 2.75) is 12.5 Å². The molecule has 0 unspecified atom stereocenters. The molecule has 7 nitrogen and oxygen atoms in total. The van der Waals surface area contributed by atoms with Crippen LogP contribution >= 0.6 is 0 Å². The standard InChI is InChI=1S/C25H23N3O4/c1-30-19-10-8-16(13-20(19)31-2)21-18-9-7-15-5-3-4-6-17(15)23(18)32-25-22(21)24(26)28(11-12-29)14-27-25/h3-10,13-14,21,26,29H,11-12H2,1-2H3/t21-/m1/s1. The number of benzene rings is 3. The fourth-order valence-corrected chi connectivity index (χ4v) is 4.36. The highest BCUT2D eigenvalue weighted by Crippen LogP contribution is 2.48. The summed E-state index contributed by atoms with van der Waals surface area (Å²) in [4.78, 5) is 4.51. The summed E-state index contributed by atoms with van der Waals surface area (Å²) in [6.07, 6.45) is 1.54. The highest BCUT2D eigenvalue weighted by Gasteiger charge is 2.33. The van der Waals surface area contributed by atoms with Gasteiger partial charge < -0.3 is 23.9 Å². The van der Waals surface area contributed by atoms with Crippen molar-refractivity contribution in [3.05, 3.63) is 83.1 Å². The van der Waals surface area contributed by atoms with Crippen LogP contribution in [0.4, 0.5) is 0 Å². The summed E-state index contributed by atoms with van der Waals surface area (Å²) < 4.78 is 18.9. The maximum absolute atomic E-state index is 9.44. The third-order valence-electron chi connectivity index (χ3n) is 5.88. The van der Waals surface area contributed by atoms with Crippen molar-refractivity contribution in [1.29, 1.82) is 5.41 Å². The Bertz CT molecular complexity index is 1380. The minimum atomic E-state index is -0.302. The van der Waals surface area contributed by atoms with E-state index in [-0.39, 0.29) is 24.6 Å². The summed E-state index contributed by atoms with van der Waals surface area (Å²) in [5.41, 5.74) is 2.78. The molecule has 7 heteroatoms. The van der Waals surface area contributed by atoms with Gasteiger partial charge in [0.15, 0.2) is 11.5 Å². The van der Waals surface area contributed by atoms with E-state index in [1.165, 1.54) is 0 Å². The molecule has 0 fully saturated rings. The molecule has 0 radical (unpaired) electrons. The number of rotatable bonds is 5. The van der Waals surface area contributed by atoms with E-state index < -0.39 is 0 Å². The van der Waals surface area contributed by atoms with Crippen molar-refractivity contribution in [1.82, 2.24) is 9.55 Å². The zero-order chi connectivity index (χ0) is 22.2. The monoisotopic (exact) mass is 429 g/mol. The van der Waals surface area contributed by atoms with E-state index in [9.17, 15) is 5.11 Å². The van der Waals surface area contributed by atoms with Crippen LogP contribution < -0.4 is 19.7 Å². The number of methoxy groups -OCH3 is 2. The number of nitrogens with zero attached hydrogens (tertiary/aromatic N) is 2. The van der Waals surface area contributed by atoms with Crippen molar-refractivity contribution in [2.75, 3.05) is 20.8 Å². The second-order valence-corrected chi connectivity index (χ2v) is 7.58. The van der Waals surface area contributed by atoms with Gasteiger partial charge in [0, 0.05) is 23.4 Å². The van der Waals surface area contributed by atoms with Gasteiger partial charge in [0.2, 0.25) is 5.88 Å². The number of ether oxygens (including phenoxy) is 3. The van der Waals surface area contributed by atoms with Gasteiger partial charge in [-0.1, -0.05) is 42.5 Å².